The Morgan fingerprint density at radius 1 is 1.06 bits per heavy atom. The van der Waals surface area contributed by atoms with Crippen molar-refractivity contribution in [1.82, 2.24) is 10.2 Å². The van der Waals surface area contributed by atoms with E-state index in [9.17, 15) is 0 Å². The molecule has 0 atom stereocenters. The van der Waals surface area contributed by atoms with E-state index >= 15 is 0 Å². The van der Waals surface area contributed by atoms with Crippen LogP contribution in [0.25, 0.3) is 0 Å². The quantitative estimate of drug-likeness (QED) is 0.661. The fourth-order valence-electron chi connectivity index (χ4n) is 1.88. The second-order valence-electron chi connectivity index (χ2n) is 4.60. The minimum atomic E-state index is 1.09. The van der Waals surface area contributed by atoms with Gasteiger partial charge in [-0.25, -0.2) is 0 Å². The molecule has 0 aliphatic carbocycles. The zero-order chi connectivity index (χ0) is 12.3. The number of hydrogen-bond donors (Lipinski definition) is 1. The first-order chi connectivity index (χ1) is 8.33. The molecule has 1 N–H and O–H groups in total. The van der Waals surface area contributed by atoms with Gasteiger partial charge in [-0.05, 0) is 51.5 Å². The molecular weight excluding hydrogens is 208 g/mol. The maximum atomic E-state index is 3.36. The average molecular weight is 234 g/mol. The lowest BCUT2D eigenvalue weighted by molar-refractivity contribution is 0.329. The molecule has 0 bridgehead atoms. The topological polar surface area (TPSA) is 15.3 Å². The van der Waals surface area contributed by atoms with Crippen molar-refractivity contribution in [2.24, 2.45) is 0 Å². The Morgan fingerprint density at radius 3 is 2.53 bits per heavy atom. The predicted octanol–water partition coefficient (Wildman–Crippen LogP) is 2.55. The number of likely N-dealkylation sites (N-methyl/N-ethyl adjacent to an activating group) is 1. The number of nitrogens with one attached hydrogen (secondary N) is 1. The molecule has 0 spiro atoms. The van der Waals surface area contributed by atoms with Gasteiger partial charge in [-0.1, -0.05) is 37.3 Å². The summed E-state index contributed by atoms with van der Waals surface area (Å²) in [6.45, 7) is 6.77. The molecule has 0 heterocycles. The average Bonchev–Trinajstić information content (AvgIpc) is 2.37. The fraction of sp³-hybridized carbons (Fsp3) is 0.600. The molecular formula is C15H26N2. The first kappa shape index (κ1) is 14.2. The van der Waals surface area contributed by atoms with Crippen LogP contribution >= 0.6 is 0 Å². The second-order valence-corrected chi connectivity index (χ2v) is 4.60. The molecule has 0 aliphatic heterocycles. The van der Waals surface area contributed by atoms with E-state index in [1.54, 1.807) is 0 Å². The lowest BCUT2D eigenvalue weighted by Gasteiger charge is -2.16. The number of nitrogens with zero attached hydrogens (tertiary/aromatic N) is 1. The van der Waals surface area contributed by atoms with E-state index in [4.69, 9.17) is 0 Å². The van der Waals surface area contributed by atoms with Crippen LogP contribution in [-0.4, -0.2) is 38.1 Å². The van der Waals surface area contributed by atoms with Crippen LogP contribution < -0.4 is 5.32 Å². The summed E-state index contributed by atoms with van der Waals surface area (Å²) in [5.74, 6) is 0. The van der Waals surface area contributed by atoms with E-state index in [1.165, 1.54) is 24.9 Å². The summed E-state index contributed by atoms with van der Waals surface area (Å²) in [7, 11) is 2.22. The Morgan fingerprint density at radius 2 is 1.82 bits per heavy atom. The molecule has 2 nitrogen and oxygen atoms in total. The molecule has 0 aliphatic rings. The molecule has 0 fully saturated rings. The smallest absolute Gasteiger partial charge is 0.00188 e. The first-order valence-corrected chi connectivity index (χ1v) is 6.76. The number of hydrogen-bond acceptors (Lipinski definition) is 2. The molecule has 2 heteroatoms. The van der Waals surface area contributed by atoms with Gasteiger partial charge in [-0.15, -0.1) is 0 Å². The molecule has 0 saturated heterocycles. The zero-order valence-electron chi connectivity index (χ0n) is 11.3. The number of rotatable bonds is 9. The summed E-state index contributed by atoms with van der Waals surface area (Å²) in [5, 5.41) is 3.36. The van der Waals surface area contributed by atoms with Crippen molar-refractivity contribution >= 4 is 0 Å². The fourth-order valence-corrected chi connectivity index (χ4v) is 1.88. The van der Waals surface area contributed by atoms with E-state index in [1.807, 2.05) is 0 Å². The van der Waals surface area contributed by atoms with Gasteiger partial charge in [0.25, 0.3) is 0 Å². The van der Waals surface area contributed by atoms with Crippen LogP contribution in [-0.2, 0) is 6.42 Å². The Balaban J connectivity index is 2.03. The molecule has 17 heavy (non-hydrogen) atoms. The van der Waals surface area contributed by atoms with Crippen LogP contribution in [0.3, 0.4) is 0 Å². The van der Waals surface area contributed by atoms with Crippen LogP contribution in [0.1, 0.15) is 25.3 Å². The summed E-state index contributed by atoms with van der Waals surface area (Å²) < 4.78 is 0. The molecule has 0 radical (unpaired) electrons. The van der Waals surface area contributed by atoms with Crippen molar-refractivity contribution in [3.05, 3.63) is 35.9 Å². The molecule has 1 aromatic rings. The van der Waals surface area contributed by atoms with Gasteiger partial charge in [0.2, 0.25) is 0 Å². The Bertz CT molecular complexity index is 272. The highest BCUT2D eigenvalue weighted by molar-refractivity contribution is 5.14. The summed E-state index contributed by atoms with van der Waals surface area (Å²) in [5.41, 5.74) is 1.44. The van der Waals surface area contributed by atoms with Gasteiger partial charge in [-0.3, -0.25) is 0 Å². The van der Waals surface area contributed by atoms with E-state index in [0.29, 0.717) is 0 Å². The Kier molecular flexibility index (Phi) is 7.69. The van der Waals surface area contributed by atoms with Crippen molar-refractivity contribution in [2.75, 3.05) is 33.2 Å². The van der Waals surface area contributed by atoms with Crippen LogP contribution in [0.5, 0.6) is 0 Å². The number of benzene rings is 1. The van der Waals surface area contributed by atoms with Gasteiger partial charge in [-0.2, -0.15) is 0 Å². The van der Waals surface area contributed by atoms with Crippen molar-refractivity contribution in [2.45, 2.75) is 26.2 Å². The normalized spacial score (nSPS) is 11.0. The second kappa shape index (κ2) is 9.20. The maximum absolute atomic E-state index is 3.36. The molecule has 0 amide bonds. The van der Waals surface area contributed by atoms with E-state index in [0.717, 1.165) is 26.1 Å². The zero-order valence-corrected chi connectivity index (χ0v) is 11.3. The van der Waals surface area contributed by atoms with Crippen LogP contribution in [0, 0.1) is 0 Å². The molecule has 0 saturated carbocycles. The minimum Gasteiger partial charge on any atom is -0.317 e. The number of unbranched alkanes of at least 4 members (excludes halogenated alkanes) is 1. The third-order valence-electron chi connectivity index (χ3n) is 3.02. The minimum absolute atomic E-state index is 1.09. The predicted molar refractivity (Wildman–Crippen MR) is 75.4 cm³/mol. The largest absolute Gasteiger partial charge is 0.317 e. The Hall–Kier alpha value is -0.860. The first-order valence-electron chi connectivity index (χ1n) is 6.76. The Labute approximate surface area is 106 Å². The van der Waals surface area contributed by atoms with Crippen LogP contribution in [0.15, 0.2) is 30.3 Å². The van der Waals surface area contributed by atoms with Crippen molar-refractivity contribution in [3.8, 4) is 0 Å². The van der Waals surface area contributed by atoms with Crippen LogP contribution in [0.2, 0.25) is 0 Å². The van der Waals surface area contributed by atoms with E-state index in [-0.39, 0.29) is 0 Å². The standard InChI is InChI=1S/C15H26N2/c1-3-16-12-7-8-13-17(2)14-11-15-9-5-4-6-10-15/h4-6,9-10,16H,3,7-8,11-14H2,1-2H3. The lowest BCUT2D eigenvalue weighted by atomic mass is 10.1. The van der Waals surface area contributed by atoms with Crippen molar-refractivity contribution in [3.63, 3.8) is 0 Å². The van der Waals surface area contributed by atoms with Crippen molar-refractivity contribution < 1.29 is 0 Å². The third kappa shape index (κ3) is 7.14. The molecule has 1 rings (SSSR count). The molecule has 0 unspecified atom stereocenters. The summed E-state index contributed by atoms with van der Waals surface area (Å²) in [6.07, 6.45) is 3.73. The SMILES string of the molecule is CCNCCCCN(C)CCc1ccccc1. The van der Waals surface area contributed by atoms with E-state index < -0.39 is 0 Å². The lowest BCUT2D eigenvalue weighted by Crippen LogP contribution is -2.23. The van der Waals surface area contributed by atoms with Gasteiger partial charge in [0.15, 0.2) is 0 Å². The maximum Gasteiger partial charge on any atom is 0.00188 e. The van der Waals surface area contributed by atoms with Gasteiger partial charge < -0.3 is 10.2 Å². The third-order valence-corrected chi connectivity index (χ3v) is 3.02. The van der Waals surface area contributed by atoms with E-state index in [2.05, 4.69) is 54.5 Å². The monoisotopic (exact) mass is 234 g/mol. The summed E-state index contributed by atoms with van der Waals surface area (Å²) in [4.78, 5) is 2.43. The van der Waals surface area contributed by atoms with Crippen molar-refractivity contribution in [1.29, 1.82) is 0 Å². The summed E-state index contributed by atoms with van der Waals surface area (Å²) in [6, 6.07) is 10.7. The molecule has 96 valence electrons. The van der Waals surface area contributed by atoms with Gasteiger partial charge in [0, 0.05) is 6.54 Å². The molecule has 0 aromatic heterocycles. The van der Waals surface area contributed by atoms with Gasteiger partial charge in [0.05, 0.1) is 0 Å². The van der Waals surface area contributed by atoms with Crippen LogP contribution in [0.4, 0.5) is 0 Å². The molecule has 1 aromatic carbocycles. The highest BCUT2D eigenvalue weighted by Crippen LogP contribution is 2.01. The highest BCUT2D eigenvalue weighted by atomic mass is 15.1. The highest BCUT2D eigenvalue weighted by Gasteiger charge is 1.98. The van der Waals surface area contributed by atoms with Gasteiger partial charge in [0.1, 0.15) is 0 Å². The van der Waals surface area contributed by atoms with Gasteiger partial charge >= 0.3 is 0 Å². The summed E-state index contributed by atoms with van der Waals surface area (Å²) >= 11 is 0.